The van der Waals surface area contributed by atoms with E-state index < -0.39 is 0 Å². The number of nitrogens with zero attached hydrogens (tertiary/aromatic N) is 4. The number of ether oxygens (including phenoxy) is 1. The molecule has 0 spiro atoms. The Bertz CT molecular complexity index is 1560. The molecule has 2 aromatic carbocycles. The lowest BCUT2D eigenvalue weighted by Gasteiger charge is -2.22. The van der Waals surface area contributed by atoms with Crippen molar-refractivity contribution in [1.82, 2.24) is 30.5 Å². The molecule has 6 rings (SSSR count). The molecule has 9 heteroatoms. The van der Waals surface area contributed by atoms with E-state index in [9.17, 15) is 4.79 Å². The Morgan fingerprint density at radius 1 is 0.949 bits per heavy atom. The van der Waals surface area contributed by atoms with Crippen LogP contribution in [0.5, 0.6) is 5.75 Å². The number of fused-ring (bicyclic) bond motifs is 1. The van der Waals surface area contributed by atoms with Crippen molar-refractivity contribution >= 4 is 28.3 Å². The summed E-state index contributed by atoms with van der Waals surface area (Å²) >= 11 is 0. The number of carbonyl (C=O) groups is 1. The van der Waals surface area contributed by atoms with Crippen LogP contribution in [0.15, 0.2) is 79.4 Å². The number of carbonyl (C=O) groups excluding carboxylic acids is 1. The minimum atomic E-state index is -0.0920. The molecule has 0 atom stereocenters. The molecule has 0 bridgehead atoms. The van der Waals surface area contributed by atoms with Gasteiger partial charge in [-0.1, -0.05) is 43.5 Å². The lowest BCUT2D eigenvalue weighted by Crippen LogP contribution is -2.38. The van der Waals surface area contributed by atoms with Gasteiger partial charge >= 0.3 is 0 Å². The lowest BCUT2D eigenvalue weighted by atomic mass is 9.95. The van der Waals surface area contributed by atoms with Crippen molar-refractivity contribution in [3.63, 3.8) is 0 Å². The zero-order valence-electron chi connectivity index (χ0n) is 21.4. The lowest BCUT2D eigenvalue weighted by molar-refractivity contribution is -0.124. The van der Waals surface area contributed by atoms with Crippen LogP contribution in [0.25, 0.3) is 33.4 Å². The van der Waals surface area contributed by atoms with Gasteiger partial charge in [-0.2, -0.15) is 5.10 Å². The number of rotatable bonds is 8. The number of pyridine rings is 1. The van der Waals surface area contributed by atoms with Crippen LogP contribution < -0.4 is 15.4 Å². The number of anilines is 2. The molecule has 3 heterocycles. The molecular formula is C30H29N7O2. The predicted molar refractivity (Wildman–Crippen MR) is 151 cm³/mol. The monoisotopic (exact) mass is 519 g/mol. The van der Waals surface area contributed by atoms with Crippen LogP contribution in [0.1, 0.15) is 32.1 Å². The normalized spacial score (nSPS) is 13.7. The highest BCUT2D eigenvalue weighted by Crippen LogP contribution is 2.29. The van der Waals surface area contributed by atoms with Gasteiger partial charge in [0.2, 0.25) is 0 Å². The zero-order valence-corrected chi connectivity index (χ0v) is 21.4. The van der Waals surface area contributed by atoms with Crippen molar-refractivity contribution < 1.29 is 9.53 Å². The van der Waals surface area contributed by atoms with Gasteiger partial charge in [0.1, 0.15) is 11.6 Å². The third-order valence-corrected chi connectivity index (χ3v) is 6.91. The highest BCUT2D eigenvalue weighted by atomic mass is 16.5. The molecule has 196 valence electrons. The third kappa shape index (κ3) is 5.87. The van der Waals surface area contributed by atoms with Gasteiger partial charge in [0.25, 0.3) is 5.91 Å². The Hall–Kier alpha value is -4.79. The molecule has 0 radical (unpaired) electrons. The standard InChI is InChI=1S/C30H29N7O2/c38-28(34-23-6-2-1-3-7-23)19-39-25-8-4-5-21(15-25)29-36-27-18-31-14-13-26(27)30(37-29)35-24-11-9-20(10-12-24)22-16-32-33-17-22/h4-5,8-18,23H,1-3,6-7,19H2,(H,32,33)(H,34,38)(H,35,36,37). The summed E-state index contributed by atoms with van der Waals surface area (Å²) in [7, 11) is 0. The molecular weight excluding hydrogens is 490 g/mol. The van der Waals surface area contributed by atoms with E-state index in [1.54, 1.807) is 18.6 Å². The number of nitrogens with one attached hydrogen (secondary N) is 3. The van der Waals surface area contributed by atoms with E-state index in [0.717, 1.165) is 46.1 Å². The van der Waals surface area contributed by atoms with E-state index in [0.29, 0.717) is 17.4 Å². The number of H-pyrrole nitrogens is 1. The third-order valence-electron chi connectivity index (χ3n) is 6.91. The maximum absolute atomic E-state index is 12.4. The number of aromatic nitrogens is 5. The van der Waals surface area contributed by atoms with Crippen LogP contribution in [0.2, 0.25) is 0 Å². The number of hydrogen-bond donors (Lipinski definition) is 3. The fourth-order valence-corrected chi connectivity index (χ4v) is 4.89. The quantitative estimate of drug-likeness (QED) is 0.242. The first kappa shape index (κ1) is 24.5. The van der Waals surface area contributed by atoms with Crippen molar-refractivity contribution in [2.75, 3.05) is 11.9 Å². The Labute approximate surface area is 226 Å². The van der Waals surface area contributed by atoms with Gasteiger partial charge in [0, 0.05) is 40.6 Å². The summed E-state index contributed by atoms with van der Waals surface area (Å²) in [6, 6.07) is 17.7. The minimum absolute atomic E-state index is 0.0237. The maximum atomic E-state index is 12.4. The minimum Gasteiger partial charge on any atom is -0.484 e. The van der Waals surface area contributed by atoms with Gasteiger partial charge in [-0.15, -0.1) is 0 Å². The summed E-state index contributed by atoms with van der Waals surface area (Å²) < 4.78 is 5.82. The van der Waals surface area contributed by atoms with Crippen LogP contribution >= 0.6 is 0 Å². The van der Waals surface area contributed by atoms with Gasteiger partial charge in [0.05, 0.1) is 17.9 Å². The first-order valence-corrected chi connectivity index (χ1v) is 13.2. The number of aromatic amines is 1. The van der Waals surface area contributed by atoms with Gasteiger partial charge in [-0.25, -0.2) is 9.97 Å². The Kier molecular flexibility index (Phi) is 7.11. The Morgan fingerprint density at radius 3 is 2.64 bits per heavy atom. The van der Waals surface area contributed by atoms with Gasteiger partial charge in [0.15, 0.2) is 12.4 Å². The van der Waals surface area contributed by atoms with E-state index in [4.69, 9.17) is 14.7 Å². The molecule has 1 fully saturated rings. The smallest absolute Gasteiger partial charge is 0.258 e. The SMILES string of the molecule is O=C(COc1cccc(-c2nc(Nc3ccc(-c4cn[nH]c4)cc3)c3ccncc3n2)c1)NC1CCCCC1. The van der Waals surface area contributed by atoms with Crippen LogP contribution in [-0.4, -0.2) is 43.7 Å². The summed E-state index contributed by atoms with van der Waals surface area (Å²) in [5, 5.41) is 14.2. The largest absolute Gasteiger partial charge is 0.484 e. The molecule has 0 saturated heterocycles. The fraction of sp³-hybridized carbons (Fsp3) is 0.233. The second-order valence-electron chi connectivity index (χ2n) is 9.70. The predicted octanol–water partition coefficient (Wildman–Crippen LogP) is 5.65. The van der Waals surface area contributed by atoms with Gasteiger partial charge in [-0.3, -0.25) is 14.9 Å². The van der Waals surface area contributed by atoms with Crippen LogP contribution in [-0.2, 0) is 4.79 Å². The second kappa shape index (κ2) is 11.3. The van der Waals surface area contributed by atoms with Crippen molar-refractivity contribution in [2.45, 2.75) is 38.1 Å². The van der Waals surface area contributed by atoms with E-state index in [-0.39, 0.29) is 18.6 Å². The summed E-state index contributed by atoms with van der Waals surface area (Å²) in [5.41, 5.74) is 4.49. The maximum Gasteiger partial charge on any atom is 0.258 e. The molecule has 1 saturated carbocycles. The molecule has 5 aromatic rings. The van der Waals surface area contributed by atoms with Crippen molar-refractivity contribution in [3.8, 4) is 28.3 Å². The van der Waals surface area contributed by atoms with Crippen molar-refractivity contribution in [2.24, 2.45) is 0 Å². The Morgan fingerprint density at radius 2 is 1.82 bits per heavy atom. The molecule has 0 aliphatic heterocycles. The average Bonchev–Trinajstić information content (AvgIpc) is 3.52. The summed E-state index contributed by atoms with van der Waals surface area (Å²) in [4.78, 5) is 26.3. The van der Waals surface area contributed by atoms with Crippen LogP contribution in [0, 0.1) is 0 Å². The van der Waals surface area contributed by atoms with Crippen molar-refractivity contribution in [3.05, 3.63) is 79.4 Å². The molecule has 0 unspecified atom stereocenters. The fourth-order valence-electron chi connectivity index (χ4n) is 4.89. The van der Waals surface area contributed by atoms with E-state index in [2.05, 4.69) is 25.8 Å². The first-order valence-electron chi connectivity index (χ1n) is 13.2. The highest BCUT2D eigenvalue weighted by Gasteiger charge is 2.16. The highest BCUT2D eigenvalue weighted by molar-refractivity contribution is 5.91. The van der Waals surface area contributed by atoms with Crippen LogP contribution in [0.3, 0.4) is 0 Å². The molecule has 39 heavy (non-hydrogen) atoms. The van der Waals surface area contributed by atoms with Gasteiger partial charge < -0.3 is 15.4 Å². The molecule has 9 nitrogen and oxygen atoms in total. The van der Waals surface area contributed by atoms with Gasteiger partial charge in [-0.05, 0) is 48.7 Å². The number of amides is 1. The second-order valence-corrected chi connectivity index (χ2v) is 9.70. The van der Waals surface area contributed by atoms with E-state index in [1.807, 2.05) is 60.8 Å². The summed E-state index contributed by atoms with van der Waals surface area (Å²) in [5.74, 6) is 1.70. The molecule has 3 aromatic heterocycles. The van der Waals surface area contributed by atoms with E-state index >= 15 is 0 Å². The molecule has 1 aliphatic carbocycles. The zero-order chi connectivity index (χ0) is 26.4. The van der Waals surface area contributed by atoms with E-state index in [1.165, 1.54) is 19.3 Å². The average molecular weight is 520 g/mol. The molecule has 1 aliphatic rings. The summed E-state index contributed by atoms with van der Waals surface area (Å²) in [6.45, 7) is -0.0237. The number of hydrogen-bond acceptors (Lipinski definition) is 7. The molecule has 1 amide bonds. The first-order chi connectivity index (χ1) is 19.2. The van der Waals surface area contributed by atoms with Crippen LogP contribution in [0.4, 0.5) is 11.5 Å². The topological polar surface area (TPSA) is 118 Å². The molecule has 3 N–H and O–H groups in total. The van der Waals surface area contributed by atoms with Crippen molar-refractivity contribution in [1.29, 1.82) is 0 Å². The Balaban J connectivity index is 1.21. The number of benzene rings is 2. The summed E-state index contributed by atoms with van der Waals surface area (Å²) in [6.07, 6.45) is 12.8.